The van der Waals surface area contributed by atoms with Gasteiger partial charge >= 0.3 is 0 Å². The van der Waals surface area contributed by atoms with Gasteiger partial charge < -0.3 is 15.5 Å². The topological polar surface area (TPSA) is 58.3 Å². The molecule has 90 valence electrons. The Morgan fingerprint density at radius 2 is 2.00 bits per heavy atom. The summed E-state index contributed by atoms with van der Waals surface area (Å²) in [6.45, 7) is 6.19. The first-order chi connectivity index (χ1) is 7.54. The summed E-state index contributed by atoms with van der Waals surface area (Å²) >= 11 is 0. The van der Waals surface area contributed by atoms with Crippen molar-refractivity contribution in [2.45, 2.75) is 19.9 Å². The fourth-order valence-corrected chi connectivity index (χ4v) is 1.82. The van der Waals surface area contributed by atoms with Gasteiger partial charge in [0.1, 0.15) is 5.82 Å². The number of anilines is 2. The summed E-state index contributed by atoms with van der Waals surface area (Å²) in [5.41, 5.74) is 5.52. The fraction of sp³-hybridized carbons (Fsp3) is 0.636. The first-order valence-corrected chi connectivity index (χ1v) is 5.55. The second-order valence-corrected chi connectivity index (χ2v) is 4.21. The van der Waals surface area contributed by atoms with Crippen LogP contribution in [0.25, 0.3) is 0 Å². The van der Waals surface area contributed by atoms with Crippen LogP contribution in [0, 0.1) is 0 Å². The van der Waals surface area contributed by atoms with Gasteiger partial charge in [0.25, 0.3) is 0 Å². The lowest BCUT2D eigenvalue weighted by Crippen LogP contribution is -2.40. The molecule has 0 amide bonds. The van der Waals surface area contributed by atoms with E-state index in [-0.39, 0.29) is 0 Å². The van der Waals surface area contributed by atoms with E-state index in [4.69, 9.17) is 5.73 Å². The van der Waals surface area contributed by atoms with Crippen molar-refractivity contribution in [3.8, 4) is 0 Å². The average molecular weight is 223 g/mol. The quantitative estimate of drug-likeness (QED) is 0.801. The maximum atomic E-state index is 5.52. The normalized spacial score (nSPS) is 12.8. The Hall–Kier alpha value is -1.36. The highest BCUT2D eigenvalue weighted by Crippen LogP contribution is 2.13. The van der Waals surface area contributed by atoms with Gasteiger partial charge in [0.15, 0.2) is 5.82 Å². The molecule has 0 aliphatic carbocycles. The van der Waals surface area contributed by atoms with Gasteiger partial charge in [-0.15, -0.1) is 10.2 Å². The van der Waals surface area contributed by atoms with Gasteiger partial charge in [-0.2, -0.15) is 0 Å². The number of nitrogens with zero attached hydrogens (tertiary/aromatic N) is 4. The fourth-order valence-electron chi connectivity index (χ4n) is 1.82. The molecular weight excluding hydrogens is 202 g/mol. The van der Waals surface area contributed by atoms with Crippen LogP contribution in [0.1, 0.15) is 13.8 Å². The standard InChI is InChI=1S/C11H21N5/c1-5-16(9(2)8-15(3)4)11-7-6-10(12)13-14-11/h6-7,9H,5,8H2,1-4H3,(H2,12,13). The van der Waals surface area contributed by atoms with E-state index in [0.29, 0.717) is 11.9 Å². The van der Waals surface area contributed by atoms with Crippen LogP contribution in [0.4, 0.5) is 11.6 Å². The summed E-state index contributed by atoms with van der Waals surface area (Å²) in [6, 6.07) is 4.10. The lowest BCUT2D eigenvalue weighted by atomic mass is 10.2. The first-order valence-electron chi connectivity index (χ1n) is 5.55. The molecule has 1 rings (SSSR count). The number of hydrogen-bond donors (Lipinski definition) is 1. The second kappa shape index (κ2) is 5.65. The number of rotatable bonds is 5. The first kappa shape index (κ1) is 12.7. The third kappa shape index (κ3) is 3.34. The molecule has 0 bridgehead atoms. The summed E-state index contributed by atoms with van der Waals surface area (Å²) in [5.74, 6) is 1.34. The summed E-state index contributed by atoms with van der Waals surface area (Å²) in [7, 11) is 4.14. The molecule has 1 atom stereocenters. The zero-order valence-corrected chi connectivity index (χ0v) is 10.5. The molecule has 0 aliphatic rings. The van der Waals surface area contributed by atoms with Crippen molar-refractivity contribution < 1.29 is 0 Å². The Kier molecular flexibility index (Phi) is 4.49. The monoisotopic (exact) mass is 223 g/mol. The van der Waals surface area contributed by atoms with Crippen molar-refractivity contribution in [3.63, 3.8) is 0 Å². The van der Waals surface area contributed by atoms with Gasteiger partial charge in [-0.25, -0.2) is 0 Å². The zero-order valence-electron chi connectivity index (χ0n) is 10.5. The molecule has 2 N–H and O–H groups in total. The van der Waals surface area contributed by atoms with E-state index in [9.17, 15) is 0 Å². The van der Waals surface area contributed by atoms with Gasteiger partial charge in [0.05, 0.1) is 0 Å². The minimum Gasteiger partial charge on any atom is -0.382 e. The Labute approximate surface area is 97.3 Å². The molecule has 1 unspecified atom stereocenters. The van der Waals surface area contributed by atoms with Crippen molar-refractivity contribution in [1.29, 1.82) is 0 Å². The molecule has 5 nitrogen and oxygen atoms in total. The lowest BCUT2D eigenvalue weighted by Gasteiger charge is -2.30. The maximum absolute atomic E-state index is 5.52. The van der Waals surface area contributed by atoms with Crippen LogP contribution in [0.5, 0.6) is 0 Å². The van der Waals surface area contributed by atoms with E-state index in [2.05, 4.69) is 47.9 Å². The van der Waals surface area contributed by atoms with Crippen LogP contribution >= 0.6 is 0 Å². The Balaban J connectivity index is 2.77. The number of aromatic nitrogens is 2. The van der Waals surface area contributed by atoms with Crippen molar-refractivity contribution in [3.05, 3.63) is 12.1 Å². The molecule has 0 aromatic carbocycles. The molecule has 1 heterocycles. The van der Waals surface area contributed by atoms with E-state index in [0.717, 1.165) is 18.9 Å². The van der Waals surface area contributed by atoms with Crippen LogP contribution in [0.2, 0.25) is 0 Å². The maximum Gasteiger partial charge on any atom is 0.151 e. The van der Waals surface area contributed by atoms with Gasteiger partial charge in [-0.1, -0.05) is 0 Å². The van der Waals surface area contributed by atoms with Crippen LogP contribution in [-0.2, 0) is 0 Å². The molecule has 0 saturated carbocycles. The molecule has 16 heavy (non-hydrogen) atoms. The Bertz CT molecular complexity index is 309. The molecule has 0 saturated heterocycles. The summed E-state index contributed by atoms with van der Waals surface area (Å²) in [4.78, 5) is 4.38. The zero-order chi connectivity index (χ0) is 12.1. The van der Waals surface area contributed by atoms with Crippen molar-refractivity contribution in [1.82, 2.24) is 15.1 Å². The smallest absolute Gasteiger partial charge is 0.151 e. The highest BCUT2D eigenvalue weighted by Gasteiger charge is 2.14. The van der Waals surface area contributed by atoms with Crippen LogP contribution in [-0.4, -0.2) is 48.3 Å². The lowest BCUT2D eigenvalue weighted by molar-refractivity contribution is 0.372. The molecular formula is C11H21N5. The van der Waals surface area contributed by atoms with E-state index in [1.165, 1.54) is 0 Å². The molecule has 1 aromatic heterocycles. The highest BCUT2D eigenvalue weighted by molar-refractivity contribution is 5.42. The summed E-state index contributed by atoms with van der Waals surface area (Å²) in [5, 5.41) is 7.99. The number of hydrogen-bond acceptors (Lipinski definition) is 5. The summed E-state index contributed by atoms with van der Waals surface area (Å²) < 4.78 is 0. The SMILES string of the molecule is CCN(c1ccc(N)nn1)C(C)CN(C)C. The molecule has 0 fully saturated rings. The minimum atomic E-state index is 0.401. The number of nitrogen functional groups attached to an aromatic ring is 1. The molecule has 0 radical (unpaired) electrons. The Morgan fingerprint density at radius 3 is 2.44 bits per heavy atom. The van der Waals surface area contributed by atoms with Crippen LogP contribution in [0.15, 0.2) is 12.1 Å². The van der Waals surface area contributed by atoms with Crippen LogP contribution in [0.3, 0.4) is 0 Å². The van der Waals surface area contributed by atoms with E-state index in [1.807, 2.05) is 6.07 Å². The highest BCUT2D eigenvalue weighted by atomic mass is 15.3. The number of nitrogens with two attached hydrogens (primary N) is 1. The molecule has 0 aliphatic heterocycles. The van der Waals surface area contributed by atoms with E-state index < -0.39 is 0 Å². The molecule has 5 heteroatoms. The summed E-state index contributed by atoms with van der Waals surface area (Å²) in [6.07, 6.45) is 0. The average Bonchev–Trinajstić information content (AvgIpc) is 2.21. The van der Waals surface area contributed by atoms with E-state index >= 15 is 0 Å². The predicted octanol–water partition coefficient (Wildman–Crippen LogP) is 0.835. The largest absolute Gasteiger partial charge is 0.382 e. The third-order valence-electron chi connectivity index (χ3n) is 2.47. The van der Waals surface area contributed by atoms with Crippen molar-refractivity contribution in [2.75, 3.05) is 37.8 Å². The van der Waals surface area contributed by atoms with Gasteiger partial charge in [-0.05, 0) is 40.1 Å². The second-order valence-electron chi connectivity index (χ2n) is 4.21. The predicted molar refractivity (Wildman–Crippen MR) is 67.5 cm³/mol. The van der Waals surface area contributed by atoms with Gasteiger partial charge in [0, 0.05) is 19.1 Å². The van der Waals surface area contributed by atoms with Crippen molar-refractivity contribution in [2.24, 2.45) is 0 Å². The van der Waals surface area contributed by atoms with Crippen molar-refractivity contribution >= 4 is 11.6 Å². The third-order valence-corrected chi connectivity index (χ3v) is 2.47. The number of likely N-dealkylation sites (N-methyl/N-ethyl adjacent to an activating group) is 2. The van der Waals surface area contributed by atoms with Gasteiger partial charge in [-0.3, -0.25) is 0 Å². The Morgan fingerprint density at radius 1 is 1.31 bits per heavy atom. The minimum absolute atomic E-state index is 0.401. The molecule has 1 aromatic rings. The van der Waals surface area contributed by atoms with Crippen LogP contribution < -0.4 is 10.6 Å². The van der Waals surface area contributed by atoms with E-state index in [1.54, 1.807) is 6.07 Å². The molecule has 0 spiro atoms. The van der Waals surface area contributed by atoms with Gasteiger partial charge in [0.2, 0.25) is 0 Å².